The Balaban J connectivity index is 1.39. The largest absolute Gasteiger partial charge is 0.494 e. The fourth-order valence-corrected chi connectivity index (χ4v) is 3.64. The third-order valence-corrected chi connectivity index (χ3v) is 5.10. The first kappa shape index (κ1) is 20.9. The van der Waals surface area contributed by atoms with Gasteiger partial charge in [0.15, 0.2) is 0 Å². The van der Waals surface area contributed by atoms with E-state index in [1.807, 2.05) is 74.2 Å². The summed E-state index contributed by atoms with van der Waals surface area (Å²) < 4.78 is 16.6. The van der Waals surface area contributed by atoms with Gasteiger partial charge < -0.3 is 18.9 Å². The Bertz CT molecular complexity index is 1010. The number of carbonyl (C=O) groups excluding carboxylic acids is 1. The first-order valence-electron chi connectivity index (χ1n) is 10.6. The number of amides is 1. The molecule has 2 heterocycles. The second-order valence-electron chi connectivity index (χ2n) is 7.90. The maximum Gasteiger partial charge on any atom is 0.232 e. The predicted molar refractivity (Wildman–Crippen MR) is 116 cm³/mol. The molecule has 1 atom stereocenters. The lowest BCUT2D eigenvalue weighted by Crippen LogP contribution is -2.24. The van der Waals surface area contributed by atoms with Crippen LogP contribution in [0.25, 0.3) is 11.4 Å². The van der Waals surface area contributed by atoms with Gasteiger partial charge in [0, 0.05) is 25.1 Å². The molecule has 0 aliphatic carbocycles. The van der Waals surface area contributed by atoms with Crippen LogP contribution in [0.3, 0.4) is 0 Å². The molecule has 1 aromatic heterocycles. The van der Waals surface area contributed by atoms with Crippen LogP contribution in [0.1, 0.15) is 44.6 Å². The van der Waals surface area contributed by atoms with Crippen molar-refractivity contribution in [1.82, 2.24) is 15.0 Å². The van der Waals surface area contributed by atoms with Crippen molar-refractivity contribution >= 4 is 5.91 Å². The molecule has 162 valence electrons. The van der Waals surface area contributed by atoms with Crippen molar-refractivity contribution < 1.29 is 18.8 Å². The zero-order chi connectivity index (χ0) is 21.8. The second kappa shape index (κ2) is 9.20. The molecule has 1 aliphatic heterocycles. The lowest BCUT2D eigenvalue weighted by Gasteiger charge is -2.16. The minimum Gasteiger partial charge on any atom is -0.494 e. The lowest BCUT2D eigenvalue weighted by atomic mass is 10.1. The molecule has 3 aromatic rings. The van der Waals surface area contributed by atoms with Crippen molar-refractivity contribution in [2.75, 3.05) is 13.2 Å². The van der Waals surface area contributed by atoms with Crippen LogP contribution in [-0.4, -0.2) is 40.2 Å². The lowest BCUT2D eigenvalue weighted by molar-refractivity contribution is -0.128. The Morgan fingerprint density at radius 3 is 2.48 bits per heavy atom. The van der Waals surface area contributed by atoms with Gasteiger partial charge in [-0.1, -0.05) is 17.3 Å². The van der Waals surface area contributed by atoms with Gasteiger partial charge in [-0.3, -0.25) is 4.79 Å². The summed E-state index contributed by atoms with van der Waals surface area (Å²) in [6, 6.07) is 15.4. The summed E-state index contributed by atoms with van der Waals surface area (Å²) in [5.74, 6) is 2.64. The van der Waals surface area contributed by atoms with Crippen molar-refractivity contribution in [1.29, 1.82) is 0 Å². The van der Waals surface area contributed by atoms with E-state index in [-0.39, 0.29) is 17.9 Å². The number of aromatic nitrogens is 2. The van der Waals surface area contributed by atoms with Crippen molar-refractivity contribution in [3.8, 4) is 22.9 Å². The van der Waals surface area contributed by atoms with Crippen LogP contribution < -0.4 is 9.47 Å². The molecule has 1 fully saturated rings. The smallest absolute Gasteiger partial charge is 0.232 e. The fourth-order valence-electron chi connectivity index (χ4n) is 3.64. The summed E-state index contributed by atoms with van der Waals surface area (Å²) in [5, 5.41) is 4.11. The van der Waals surface area contributed by atoms with Crippen LogP contribution in [0.4, 0.5) is 0 Å². The Morgan fingerprint density at radius 1 is 1.10 bits per heavy atom. The quantitative estimate of drug-likeness (QED) is 0.535. The predicted octanol–water partition coefficient (Wildman–Crippen LogP) is 4.44. The molecule has 0 radical (unpaired) electrons. The van der Waals surface area contributed by atoms with Crippen molar-refractivity contribution in [3.63, 3.8) is 0 Å². The van der Waals surface area contributed by atoms with E-state index in [0.29, 0.717) is 37.8 Å². The van der Waals surface area contributed by atoms with E-state index < -0.39 is 0 Å². The van der Waals surface area contributed by atoms with Crippen LogP contribution in [0.5, 0.6) is 11.5 Å². The zero-order valence-corrected chi connectivity index (χ0v) is 18.1. The number of hydrogen-bond acceptors (Lipinski definition) is 6. The number of ether oxygens (including phenoxy) is 2. The SMILES string of the molecule is CCOc1ccc(CN2CC(c3nc(-c4ccc(OC(C)C)cc4)no3)CC2=O)cc1. The van der Waals surface area contributed by atoms with Crippen LogP contribution in [0, 0.1) is 0 Å². The van der Waals surface area contributed by atoms with Crippen molar-refractivity contribution in [2.45, 2.75) is 45.8 Å². The van der Waals surface area contributed by atoms with Crippen molar-refractivity contribution in [2.24, 2.45) is 0 Å². The maximum absolute atomic E-state index is 12.5. The topological polar surface area (TPSA) is 77.7 Å². The molecule has 1 unspecified atom stereocenters. The Morgan fingerprint density at radius 2 is 1.81 bits per heavy atom. The monoisotopic (exact) mass is 421 g/mol. The summed E-state index contributed by atoms with van der Waals surface area (Å²) in [4.78, 5) is 18.9. The highest BCUT2D eigenvalue weighted by atomic mass is 16.5. The summed E-state index contributed by atoms with van der Waals surface area (Å²) in [6.45, 7) is 7.68. The average molecular weight is 421 g/mol. The van der Waals surface area contributed by atoms with Gasteiger partial charge in [0.2, 0.25) is 17.6 Å². The summed E-state index contributed by atoms with van der Waals surface area (Å²) in [6.07, 6.45) is 0.493. The van der Waals surface area contributed by atoms with E-state index in [1.165, 1.54) is 0 Å². The van der Waals surface area contributed by atoms with E-state index in [9.17, 15) is 4.79 Å². The first-order valence-corrected chi connectivity index (χ1v) is 10.6. The fraction of sp³-hybridized carbons (Fsp3) is 0.375. The van der Waals surface area contributed by atoms with E-state index >= 15 is 0 Å². The van der Waals surface area contributed by atoms with Gasteiger partial charge in [0.25, 0.3) is 0 Å². The number of hydrogen-bond donors (Lipinski definition) is 0. The molecule has 4 rings (SSSR count). The molecule has 1 amide bonds. The van der Waals surface area contributed by atoms with Crippen LogP contribution in [0.2, 0.25) is 0 Å². The van der Waals surface area contributed by atoms with Gasteiger partial charge in [-0.2, -0.15) is 4.98 Å². The van der Waals surface area contributed by atoms with Crippen molar-refractivity contribution in [3.05, 3.63) is 60.0 Å². The molecule has 1 aliphatic rings. The Kier molecular flexibility index (Phi) is 6.21. The molecular weight excluding hydrogens is 394 g/mol. The maximum atomic E-state index is 12.5. The van der Waals surface area contributed by atoms with Gasteiger partial charge in [0.1, 0.15) is 11.5 Å². The molecule has 0 bridgehead atoms. The second-order valence-corrected chi connectivity index (χ2v) is 7.90. The van der Waals surface area contributed by atoms with Crippen LogP contribution in [-0.2, 0) is 11.3 Å². The third-order valence-electron chi connectivity index (χ3n) is 5.10. The van der Waals surface area contributed by atoms with E-state index in [0.717, 1.165) is 22.6 Å². The number of carbonyl (C=O) groups is 1. The Labute approximate surface area is 182 Å². The highest BCUT2D eigenvalue weighted by Crippen LogP contribution is 2.30. The number of rotatable bonds is 8. The standard InChI is InChI=1S/C24H27N3O4/c1-4-29-20-9-5-17(6-10-20)14-27-15-19(13-22(27)28)24-25-23(26-31-24)18-7-11-21(12-8-18)30-16(2)3/h5-12,16,19H,4,13-15H2,1-3H3. The van der Waals surface area contributed by atoms with Gasteiger partial charge in [0.05, 0.1) is 18.6 Å². The summed E-state index contributed by atoms with van der Waals surface area (Å²) in [7, 11) is 0. The molecule has 2 aromatic carbocycles. The summed E-state index contributed by atoms with van der Waals surface area (Å²) in [5.41, 5.74) is 1.91. The van der Waals surface area contributed by atoms with Gasteiger partial charge in [-0.25, -0.2) is 0 Å². The molecule has 0 spiro atoms. The zero-order valence-electron chi connectivity index (χ0n) is 18.1. The molecule has 7 heteroatoms. The molecular formula is C24H27N3O4. The summed E-state index contributed by atoms with van der Waals surface area (Å²) >= 11 is 0. The van der Waals surface area contributed by atoms with E-state index in [1.54, 1.807) is 0 Å². The Hall–Kier alpha value is -3.35. The van der Waals surface area contributed by atoms with Crippen LogP contribution in [0.15, 0.2) is 53.1 Å². The molecule has 7 nitrogen and oxygen atoms in total. The van der Waals surface area contributed by atoms with E-state index in [2.05, 4.69) is 10.1 Å². The molecule has 0 N–H and O–H groups in total. The molecule has 31 heavy (non-hydrogen) atoms. The molecule has 0 saturated carbocycles. The average Bonchev–Trinajstić information content (AvgIpc) is 3.37. The number of benzene rings is 2. The van der Waals surface area contributed by atoms with Gasteiger partial charge >= 0.3 is 0 Å². The third kappa shape index (κ3) is 5.05. The van der Waals surface area contributed by atoms with Gasteiger partial charge in [-0.15, -0.1) is 0 Å². The van der Waals surface area contributed by atoms with Gasteiger partial charge in [-0.05, 0) is 62.7 Å². The highest BCUT2D eigenvalue weighted by molar-refractivity contribution is 5.79. The first-order chi connectivity index (χ1) is 15.0. The normalized spacial score (nSPS) is 16.2. The minimum atomic E-state index is -0.0972. The molecule has 1 saturated heterocycles. The number of likely N-dealkylation sites (tertiary alicyclic amines) is 1. The minimum absolute atomic E-state index is 0.0915. The van der Waals surface area contributed by atoms with Crippen LogP contribution >= 0.6 is 0 Å². The number of nitrogens with zero attached hydrogens (tertiary/aromatic N) is 3. The highest BCUT2D eigenvalue weighted by Gasteiger charge is 2.34. The van der Waals surface area contributed by atoms with E-state index in [4.69, 9.17) is 14.0 Å².